The standard InChI is InChI=1S/C21H19F6N3O4S/c22-20(23,24)10-14(28)16-17(19(31)32)29-11-15(18(16)30-7-2-1-3-8-30)35(33,34)13-6-4-5-12(9-13)21(25,26)27/h1-2,4-6,9,11,14H,3,7-8,10,28H2,(H,31,32)/t14-/m1/s1. The van der Waals surface area contributed by atoms with Gasteiger partial charge in [0.05, 0.1) is 22.6 Å². The first-order valence-corrected chi connectivity index (χ1v) is 11.5. The fraction of sp³-hybridized carbons (Fsp3) is 0.333. The first kappa shape index (κ1) is 26.5. The third-order valence-electron chi connectivity index (χ3n) is 5.21. The number of hydrogen-bond donors (Lipinski definition) is 2. The van der Waals surface area contributed by atoms with Crippen molar-refractivity contribution in [2.75, 3.05) is 18.0 Å². The van der Waals surface area contributed by atoms with Gasteiger partial charge < -0.3 is 15.7 Å². The molecule has 0 saturated carbocycles. The van der Waals surface area contributed by atoms with Gasteiger partial charge in [-0.2, -0.15) is 26.3 Å². The van der Waals surface area contributed by atoms with Gasteiger partial charge in [-0.3, -0.25) is 0 Å². The van der Waals surface area contributed by atoms with E-state index in [1.54, 1.807) is 12.2 Å². The molecule has 0 saturated heterocycles. The summed E-state index contributed by atoms with van der Waals surface area (Å²) in [6, 6.07) is 0.798. The smallest absolute Gasteiger partial charge is 0.416 e. The summed E-state index contributed by atoms with van der Waals surface area (Å²) in [5.74, 6) is -1.74. The number of halogens is 6. The number of hydrogen-bond acceptors (Lipinski definition) is 6. The van der Waals surface area contributed by atoms with Gasteiger partial charge in [-0.1, -0.05) is 18.2 Å². The summed E-state index contributed by atoms with van der Waals surface area (Å²) in [4.78, 5) is 15.1. The summed E-state index contributed by atoms with van der Waals surface area (Å²) in [5.41, 5.74) is 2.51. The van der Waals surface area contributed by atoms with E-state index in [1.807, 2.05) is 0 Å². The number of aromatic nitrogens is 1. The summed E-state index contributed by atoms with van der Waals surface area (Å²) < 4.78 is 106. The van der Waals surface area contributed by atoms with Crippen LogP contribution in [-0.4, -0.2) is 43.7 Å². The number of anilines is 1. The van der Waals surface area contributed by atoms with E-state index in [1.165, 1.54) is 4.90 Å². The van der Waals surface area contributed by atoms with Crippen LogP contribution in [-0.2, 0) is 16.0 Å². The van der Waals surface area contributed by atoms with Crippen LogP contribution in [0.1, 0.15) is 40.5 Å². The van der Waals surface area contributed by atoms with Crippen molar-refractivity contribution in [1.82, 2.24) is 4.98 Å². The van der Waals surface area contributed by atoms with Gasteiger partial charge in [-0.25, -0.2) is 18.2 Å². The van der Waals surface area contributed by atoms with E-state index in [0.717, 1.165) is 12.1 Å². The summed E-state index contributed by atoms with van der Waals surface area (Å²) >= 11 is 0. The topological polar surface area (TPSA) is 114 Å². The lowest BCUT2D eigenvalue weighted by Crippen LogP contribution is -2.33. The molecule has 190 valence electrons. The predicted octanol–water partition coefficient (Wildman–Crippen LogP) is 4.35. The van der Waals surface area contributed by atoms with Gasteiger partial charge in [-0.15, -0.1) is 0 Å². The number of nitrogens with zero attached hydrogens (tertiary/aromatic N) is 2. The number of benzene rings is 1. The number of alkyl halides is 6. The lowest BCUT2D eigenvalue weighted by atomic mass is 9.98. The quantitative estimate of drug-likeness (QED) is 0.428. The Morgan fingerprint density at radius 1 is 1.17 bits per heavy atom. The van der Waals surface area contributed by atoms with E-state index < -0.39 is 72.9 Å². The molecule has 0 fully saturated rings. The van der Waals surface area contributed by atoms with Gasteiger partial charge in [0.25, 0.3) is 0 Å². The average molecular weight is 523 g/mol. The maximum atomic E-state index is 13.5. The molecule has 1 aromatic carbocycles. The van der Waals surface area contributed by atoms with Crippen molar-refractivity contribution in [2.24, 2.45) is 5.73 Å². The normalized spacial score (nSPS) is 15.8. The van der Waals surface area contributed by atoms with Crippen molar-refractivity contribution in [1.29, 1.82) is 0 Å². The van der Waals surface area contributed by atoms with Crippen LogP contribution >= 0.6 is 0 Å². The second kappa shape index (κ2) is 9.49. The second-order valence-corrected chi connectivity index (χ2v) is 9.62. The molecule has 3 N–H and O–H groups in total. The van der Waals surface area contributed by atoms with Gasteiger partial charge in [-0.05, 0) is 24.6 Å². The molecule has 2 aromatic rings. The number of carbonyl (C=O) groups is 1. The van der Waals surface area contributed by atoms with Gasteiger partial charge >= 0.3 is 18.3 Å². The van der Waals surface area contributed by atoms with Gasteiger partial charge in [0.1, 0.15) is 4.90 Å². The molecule has 1 aliphatic heterocycles. The minimum atomic E-state index is -4.86. The van der Waals surface area contributed by atoms with Crippen LogP contribution in [0, 0.1) is 0 Å². The predicted molar refractivity (Wildman–Crippen MR) is 112 cm³/mol. The summed E-state index contributed by atoms with van der Waals surface area (Å²) in [6.45, 7) is 0.0936. The Morgan fingerprint density at radius 2 is 1.86 bits per heavy atom. The number of carboxylic acids is 1. The number of carboxylic acid groups (broad SMARTS) is 1. The Hall–Kier alpha value is -3.13. The molecule has 1 atom stereocenters. The lowest BCUT2D eigenvalue weighted by Gasteiger charge is -2.32. The zero-order valence-electron chi connectivity index (χ0n) is 17.8. The molecule has 0 radical (unpaired) electrons. The summed E-state index contributed by atoms with van der Waals surface area (Å²) in [7, 11) is -4.80. The van der Waals surface area contributed by atoms with E-state index >= 15 is 0 Å². The van der Waals surface area contributed by atoms with Crippen molar-refractivity contribution in [3.63, 3.8) is 0 Å². The molecule has 0 amide bonds. The lowest BCUT2D eigenvalue weighted by molar-refractivity contribution is -0.139. The van der Waals surface area contributed by atoms with Crippen LogP contribution in [0.3, 0.4) is 0 Å². The van der Waals surface area contributed by atoms with Crippen molar-refractivity contribution in [2.45, 2.75) is 41.0 Å². The van der Waals surface area contributed by atoms with Crippen molar-refractivity contribution >= 4 is 21.5 Å². The van der Waals surface area contributed by atoms with Crippen molar-refractivity contribution < 1.29 is 44.7 Å². The second-order valence-electron chi connectivity index (χ2n) is 7.70. The first-order chi connectivity index (χ1) is 16.1. The van der Waals surface area contributed by atoms with E-state index in [9.17, 15) is 44.7 Å². The third-order valence-corrected chi connectivity index (χ3v) is 6.97. The molecule has 7 nitrogen and oxygen atoms in total. The number of nitrogens with two attached hydrogens (primary N) is 1. The zero-order valence-corrected chi connectivity index (χ0v) is 18.6. The highest BCUT2D eigenvalue weighted by Crippen LogP contribution is 2.41. The SMILES string of the molecule is N[C@H](CC(F)(F)F)c1c(C(=O)O)ncc(S(=O)(=O)c2cccc(C(F)(F)F)c2)c1N1CC=CCC1. The summed E-state index contributed by atoms with van der Waals surface area (Å²) in [5, 5.41) is 9.57. The molecule has 0 aliphatic carbocycles. The van der Waals surface area contributed by atoms with Gasteiger partial charge in [0, 0.05) is 30.9 Å². The monoisotopic (exact) mass is 523 g/mol. The van der Waals surface area contributed by atoms with Crippen molar-refractivity contribution in [3.05, 3.63) is 59.4 Å². The Bertz CT molecular complexity index is 1260. The van der Waals surface area contributed by atoms with E-state index in [2.05, 4.69) is 4.98 Å². The number of sulfone groups is 1. The Balaban J connectivity index is 2.33. The van der Waals surface area contributed by atoms with E-state index in [-0.39, 0.29) is 13.1 Å². The van der Waals surface area contributed by atoms with Crippen LogP contribution < -0.4 is 10.6 Å². The Morgan fingerprint density at radius 3 is 2.40 bits per heavy atom. The van der Waals surface area contributed by atoms with E-state index in [4.69, 9.17) is 5.73 Å². The van der Waals surface area contributed by atoms with Crippen molar-refractivity contribution in [3.8, 4) is 0 Å². The molecule has 0 unspecified atom stereocenters. The van der Waals surface area contributed by atoms with E-state index in [0.29, 0.717) is 24.8 Å². The minimum absolute atomic E-state index is 0.0000783. The average Bonchev–Trinajstić information content (AvgIpc) is 2.77. The minimum Gasteiger partial charge on any atom is -0.477 e. The molecule has 1 aliphatic rings. The number of aromatic carboxylic acids is 1. The molecule has 0 spiro atoms. The highest BCUT2D eigenvalue weighted by Gasteiger charge is 2.38. The molecule has 14 heteroatoms. The highest BCUT2D eigenvalue weighted by atomic mass is 32.2. The molecule has 3 rings (SSSR count). The maximum absolute atomic E-state index is 13.5. The Labute approximate surface area is 195 Å². The van der Waals surface area contributed by atoms with Gasteiger partial charge in [0.15, 0.2) is 5.69 Å². The molecule has 1 aromatic heterocycles. The Kier molecular flexibility index (Phi) is 7.18. The van der Waals surface area contributed by atoms with Crippen LogP contribution in [0.15, 0.2) is 52.4 Å². The highest BCUT2D eigenvalue weighted by molar-refractivity contribution is 7.91. The third kappa shape index (κ3) is 5.75. The van der Waals surface area contributed by atoms with Gasteiger partial charge in [0.2, 0.25) is 9.84 Å². The fourth-order valence-electron chi connectivity index (χ4n) is 3.71. The largest absolute Gasteiger partial charge is 0.477 e. The fourth-order valence-corrected chi connectivity index (χ4v) is 5.18. The maximum Gasteiger partial charge on any atom is 0.416 e. The zero-order chi connectivity index (χ0) is 26.2. The molecule has 0 bridgehead atoms. The molecular formula is C21H19F6N3O4S. The number of rotatable bonds is 6. The molecule has 2 heterocycles. The number of pyridine rings is 1. The first-order valence-electron chi connectivity index (χ1n) is 10.0. The van der Waals surface area contributed by atoms with Crippen LogP contribution in [0.25, 0.3) is 0 Å². The van der Waals surface area contributed by atoms with Crippen LogP contribution in [0.5, 0.6) is 0 Å². The van der Waals surface area contributed by atoms with Crippen LogP contribution in [0.4, 0.5) is 32.0 Å². The molecule has 35 heavy (non-hydrogen) atoms. The summed E-state index contributed by atoms with van der Waals surface area (Å²) in [6.07, 6.45) is -7.09. The molecular weight excluding hydrogens is 504 g/mol. The van der Waals surface area contributed by atoms with Crippen LogP contribution in [0.2, 0.25) is 0 Å².